The normalized spacial score (nSPS) is 12.5. The van der Waals surface area contributed by atoms with Gasteiger partial charge in [-0.2, -0.15) is 0 Å². The van der Waals surface area contributed by atoms with Crippen LogP contribution in [0.5, 0.6) is 0 Å². The van der Waals surface area contributed by atoms with E-state index in [-0.39, 0.29) is 6.10 Å². The van der Waals surface area contributed by atoms with Gasteiger partial charge >= 0.3 is 0 Å². The van der Waals surface area contributed by atoms with E-state index in [1.54, 1.807) is 14.2 Å². The number of anilines is 1. The van der Waals surface area contributed by atoms with E-state index in [9.17, 15) is 0 Å². The Kier molecular flexibility index (Phi) is 6.39. The van der Waals surface area contributed by atoms with Crippen molar-refractivity contribution >= 4 is 21.7 Å². The van der Waals surface area contributed by atoms with Gasteiger partial charge in [-0.05, 0) is 15.9 Å². The lowest BCUT2D eigenvalue weighted by Crippen LogP contribution is -2.27. The first kappa shape index (κ1) is 14.3. The van der Waals surface area contributed by atoms with Crippen molar-refractivity contribution in [3.05, 3.63) is 16.5 Å². The molecule has 0 aliphatic carbocycles. The highest BCUT2D eigenvalue weighted by Crippen LogP contribution is 2.12. The molecular formula is C11H18BrN3O2. The number of aromatic nitrogens is 2. The predicted octanol–water partition coefficient (Wildman–Crippen LogP) is 1.87. The molecule has 0 fully saturated rings. The van der Waals surface area contributed by atoms with E-state index in [1.165, 1.54) is 0 Å². The van der Waals surface area contributed by atoms with Crippen LogP contribution in [-0.4, -0.2) is 43.4 Å². The van der Waals surface area contributed by atoms with Crippen LogP contribution in [0, 0.1) is 0 Å². The van der Waals surface area contributed by atoms with Gasteiger partial charge in [0.1, 0.15) is 16.2 Å². The van der Waals surface area contributed by atoms with Crippen molar-refractivity contribution in [3.8, 4) is 0 Å². The second kappa shape index (κ2) is 7.58. The predicted molar refractivity (Wildman–Crippen MR) is 70.3 cm³/mol. The van der Waals surface area contributed by atoms with E-state index in [0.29, 0.717) is 13.2 Å². The number of nitrogens with one attached hydrogen (secondary N) is 1. The maximum Gasteiger partial charge on any atom is 0.131 e. The fourth-order valence-corrected chi connectivity index (χ4v) is 1.75. The van der Waals surface area contributed by atoms with Crippen molar-refractivity contribution in [2.75, 3.05) is 32.7 Å². The van der Waals surface area contributed by atoms with E-state index >= 15 is 0 Å². The van der Waals surface area contributed by atoms with Crippen molar-refractivity contribution < 1.29 is 9.47 Å². The van der Waals surface area contributed by atoms with Gasteiger partial charge in [0.05, 0.1) is 12.7 Å². The van der Waals surface area contributed by atoms with Crippen LogP contribution in [0.25, 0.3) is 0 Å². The average molecular weight is 304 g/mol. The zero-order chi connectivity index (χ0) is 12.7. The molecule has 0 spiro atoms. The Hall–Kier alpha value is -0.720. The molecule has 6 heteroatoms. The first-order valence-electron chi connectivity index (χ1n) is 5.48. The van der Waals surface area contributed by atoms with Gasteiger partial charge in [-0.15, -0.1) is 0 Å². The summed E-state index contributed by atoms with van der Waals surface area (Å²) in [6.07, 6.45) is 0.818. The Morgan fingerprint density at radius 3 is 2.76 bits per heavy atom. The second-order valence-electron chi connectivity index (χ2n) is 3.54. The van der Waals surface area contributed by atoms with E-state index in [1.807, 2.05) is 13.0 Å². The molecule has 0 aliphatic heterocycles. The molecule has 1 unspecified atom stereocenters. The standard InChI is InChI=1S/C11H18BrN3O2/c1-4-10-14-9(12)5-11(15-10)13-6-8(17-3)7-16-2/h5,8H,4,6-7H2,1-3H3,(H,13,14,15). The summed E-state index contributed by atoms with van der Waals surface area (Å²) in [6, 6.07) is 1.85. The summed E-state index contributed by atoms with van der Waals surface area (Å²) in [6.45, 7) is 3.22. The average Bonchev–Trinajstić information content (AvgIpc) is 2.33. The van der Waals surface area contributed by atoms with Crippen LogP contribution in [0.15, 0.2) is 10.7 Å². The van der Waals surface area contributed by atoms with Crippen molar-refractivity contribution in [1.82, 2.24) is 9.97 Å². The lowest BCUT2D eigenvalue weighted by Gasteiger charge is -2.15. The van der Waals surface area contributed by atoms with E-state index in [2.05, 4.69) is 31.2 Å². The van der Waals surface area contributed by atoms with Crippen LogP contribution < -0.4 is 5.32 Å². The molecule has 96 valence electrons. The maximum atomic E-state index is 5.26. The molecule has 0 aromatic carbocycles. The Morgan fingerprint density at radius 2 is 2.18 bits per heavy atom. The topological polar surface area (TPSA) is 56.3 Å². The zero-order valence-electron chi connectivity index (χ0n) is 10.4. The molecule has 0 radical (unpaired) electrons. The quantitative estimate of drug-likeness (QED) is 0.779. The van der Waals surface area contributed by atoms with Gasteiger partial charge < -0.3 is 14.8 Å². The van der Waals surface area contributed by atoms with Gasteiger partial charge in [0.25, 0.3) is 0 Å². The maximum absolute atomic E-state index is 5.26. The highest BCUT2D eigenvalue weighted by molar-refractivity contribution is 9.10. The lowest BCUT2D eigenvalue weighted by atomic mass is 10.3. The number of hydrogen-bond donors (Lipinski definition) is 1. The van der Waals surface area contributed by atoms with Crippen molar-refractivity contribution in [2.24, 2.45) is 0 Å². The van der Waals surface area contributed by atoms with Gasteiger partial charge in [0.2, 0.25) is 0 Å². The summed E-state index contributed by atoms with van der Waals surface area (Å²) >= 11 is 3.36. The minimum Gasteiger partial charge on any atom is -0.382 e. The van der Waals surface area contributed by atoms with E-state index < -0.39 is 0 Å². The van der Waals surface area contributed by atoms with E-state index in [0.717, 1.165) is 22.7 Å². The number of methoxy groups -OCH3 is 2. The fourth-order valence-electron chi connectivity index (χ4n) is 1.33. The van der Waals surface area contributed by atoms with Crippen molar-refractivity contribution in [3.63, 3.8) is 0 Å². The summed E-state index contributed by atoms with van der Waals surface area (Å²) in [5.41, 5.74) is 0. The molecule has 0 saturated carbocycles. The third-order valence-electron chi connectivity index (χ3n) is 2.25. The van der Waals surface area contributed by atoms with Crippen LogP contribution in [0.3, 0.4) is 0 Å². The second-order valence-corrected chi connectivity index (χ2v) is 4.35. The Bertz CT molecular complexity index is 349. The summed E-state index contributed by atoms with van der Waals surface area (Å²) < 4.78 is 11.1. The third-order valence-corrected chi connectivity index (χ3v) is 2.66. The summed E-state index contributed by atoms with van der Waals surface area (Å²) in [7, 11) is 3.32. The monoisotopic (exact) mass is 303 g/mol. The third kappa shape index (κ3) is 4.97. The van der Waals surface area contributed by atoms with Crippen LogP contribution in [-0.2, 0) is 15.9 Å². The SMILES string of the molecule is CCc1nc(Br)cc(NCC(COC)OC)n1. The molecule has 0 bridgehead atoms. The highest BCUT2D eigenvalue weighted by atomic mass is 79.9. The molecule has 1 N–H and O–H groups in total. The molecule has 1 aromatic heterocycles. The molecular weight excluding hydrogens is 286 g/mol. The van der Waals surface area contributed by atoms with Gasteiger partial charge in [-0.1, -0.05) is 6.92 Å². The minimum absolute atomic E-state index is 0.0128. The largest absolute Gasteiger partial charge is 0.382 e. The van der Waals surface area contributed by atoms with Crippen LogP contribution in [0.4, 0.5) is 5.82 Å². The molecule has 5 nitrogen and oxygen atoms in total. The number of ether oxygens (including phenoxy) is 2. The number of rotatable bonds is 7. The number of nitrogens with zero attached hydrogens (tertiary/aromatic N) is 2. The number of hydrogen-bond acceptors (Lipinski definition) is 5. The van der Waals surface area contributed by atoms with Crippen molar-refractivity contribution in [1.29, 1.82) is 0 Å². The zero-order valence-corrected chi connectivity index (χ0v) is 12.0. The molecule has 0 saturated heterocycles. The molecule has 0 aliphatic rings. The Morgan fingerprint density at radius 1 is 1.41 bits per heavy atom. The Labute approximate surface area is 110 Å². The molecule has 1 rings (SSSR count). The molecule has 1 aromatic rings. The van der Waals surface area contributed by atoms with Gasteiger partial charge in [-0.25, -0.2) is 9.97 Å². The van der Waals surface area contributed by atoms with E-state index in [4.69, 9.17) is 9.47 Å². The molecule has 0 amide bonds. The Balaban J connectivity index is 2.58. The first-order valence-corrected chi connectivity index (χ1v) is 6.28. The highest BCUT2D eigenvalue weighted by Gasteiger charge is 2.07. The smallest absolute Gasteiger partial charge is 0.131 e. The molecule has 1 heterocycles. The summed E-state index contributed by atoms with van der Waals surface area (Å²) in [5, 5.41) is 3.21. The minimum atomic E-state index is 0.0128. The van der Waals surface area contributed by atoms with Crippen LogP contribution >= 0.6 is 15.9 Å². The fraction of sp³-hybridized carbons (Fsp3) is 0.636. The van der Waals surface area contributed by atoms with Crippen molar-refractivity contribution in [2.45, 2.75) is 19.4 Å². The summed E-state index contributed by atoms with van der Waals surface area (Å²) in [4.78, 5) is 8.62. The van der Waals surface area contributed by atoms with Gasteiger partial charge in [-0.3, -0.25) is 0 Å². The number of aryl methyl sites for hydroxylation is 1. The van der Waals surface area contributed by atoms with Gasteiger partial charge in [0.15, 0.2) is 0 Å². The lowest BCUT2D eigenvalue weighted by molar-refractivity contribution is 0.0365. The van der Waals surface area contributed by atoms with Gasteiger partial charge in [0, 0.05) is 33.3 Å². The molecule has 17 heavy (non-hydrogen) atoms. The van der Waals surface area contributed by atoms with Crippen LogP contribution in [0.2, 0.25) is 0 Å². The molecule has 1 atom stereocenters. The summed E-state index contributed by atoms with van der Waals surface area (Å²) in [5.74, 6) is 1.60. The van der Waals surface area contributed by atoms with Crippen LogP contribution in [0.1, 0.15) is 12.7 Å². The number of halogens is 1. The first-order chi connectivity index (χ1) is 8.19.